The fraction of sp³-hybridized carbons (Fsp3) is 0.481. The predicted octanol–water partition coefficient (Wildman–Crippen LogP) is 5.35. The lowest BCUT2D eigenvalue weighted by atomic mass is 9.93. The van der Waals surface area contributed by atoms with Crippen molar-refractivity contribution in [3.05, 3.63) is 84.4 Å². The number of rotatable bonds is 8. The summed E-state index contributed by atoms with van der Waals surface area (Å²) in [6, 6.07) is 21.3. The highest BCUT2D eigenvalue weighted by Crippen LogP contribution is 2.36. The van der Waals surface area contributed by atoms with Crippen LogP contribution in [0.1, 0.15) is 50.3 Å². The van der Waals surface area contributed by atoms with Gasteiger partial charge in [0.25, 0.3) is 0 Å². The number of piperidine rings is 1. The van der Waals surface area contributed by atoms with Crippen LogP contribution in [0, 0.1) is 0 Å². The highest BCUT2D eigenvalue weighted by Gasteiger charge is 2.44. The maximum atomic E-state index is 7.04. The van der Waals surface area contributed by atoms with Crippen molar-refractivity contribution < 1.29 is 14.2 Å². The second kappa shape index (κ2) is 10.1. The number of ether oxygens (including phenoxy) is 3. The van der Waals surface area contributed by atoms with E-state index in [9.17, 15) is 0 Å². The fourth-order valence-corrected chi connectivity index (χ4v) is 4.85. The third kappa shape index (κ3) is 5.45. The second-order valence-electron chi connectivity index (χ2n) is 9.02. The van der Waals surface area contributed by atoms with Gasteiger partial charge in [0.15, 0.2) is 5.79 Å². The Morgan fingerprint density at radius 3 is 2.26 bits per heavy atom. The van der Waals surface area contributed by atoms with Gasteiger partial charge in [-0.1, -0.05) is 73.2 Å². The molecule has 4 nitrogen and oxygen atoms in total. The van der Waals surface area contributed by atoms with Crippen molar-refractivity contribution >= 4 is 0 Å². The van der Waals surface area contributed by atoms with E-state index in [1.54, 1.807) is 0 Å². The minimum Gasteiger partial charge on any atom is -0.361 e. The molecule has 3 atom stereocenters. The summed E-state index contributed by atoms with van der Waals surface area (Å²) < 4.78 is 19.4. The molecule has 0 amide bonds. The van der Waals surface area contributed by atoms with Gasteiger partial charge in [-0.15, -0.1) is 6.58 Å². The Labute approximate surface area is 186 Å². The van der Waals surface area contributed by atoms with Crippen LogP contribution >= 0.6 is 0 Å². The van der Waals surface area contributed by atoms with Gasteiger partial charge < -0.3 is 14.2 Å². The molecule has 0 unspecified atom stereocenters. The zero-order chi connectivity index (χ0) is 21.7. The van der Waals surface area contributed by atoms with Crippen molar-refractivity contribution in [2.24, 2.45) is 0 Å². The molecule has 4 rings (SSSR count). The summed E-state index contributed by atoms with van der Waals surface area (Å²) in [7, 11) is 0. The van der Waals surface area contributed by atoms with Crippen molar-refractivity contribution in [1.29, 1.82) is 0 Å². The van der Waals surface area contributed by atoms with Gasteiger partial charge in [-0.25, -0.2) is 0 Å². The lowest BCUT2D eigenvalue weighted by Gasteiger charge is -2.42. The Balaban J connectivity index is 1.68. The minimum absolute atomic E-state index is 0.104. The standard InChI is InChI=1S/C27H35NO3/c1-4-18-28-19-12-11-17-23(28)26(24-20-29-27(2,3)31-24)30-25(21-13-7-5-8-14-21)22-15-9-6-10-16-22/h4-10,13-16,23-26H,1,11-12,17-20H2,2-3H3/t23-,24-,26+/m0/s1. The molecule has 2 aliphatic heterocycles. The van der Waals surface area contributed by atoms with Crippen LogP contribution in [-0.2, 0) is 14.2 Å². The van der Waals surface area contributed by atoms with E-state index >= 15 is 0 Å². The van der Waals surface area contributed by atoms with Gasteiger partial charge >= 0.3 is 0 Å². The van der Waals surface area contributed by atoms with Crippen LogP contribution in [0.25, 0.3) is 0 Å². The van der Waals surface area contributed by atoms with Crippen LogP contribution in [-0.4, -0.2) is 48.6 Å². The Morgan fingerprint density at radius 2 is 1.71 bits per heavy atom. The van der Waals surface area contributed by atoms with Crippen LogP contribution in [0.4, 0.5) is 0 Å². The smallest absolute Gasteiger partial charge is 0.163 e. The number of likely N-dealkylation sites (tertiary alicyclic amines) is 1. The maximum absolute atomic E-state index is 7.04. The number of nitrogens with zero attached hydrogens (tertiary/aromatic N) is 1. The highest BCUT2D eigenvalue weighted by atomic mass is 16.7. The molecule has 166 valence electrons. The van der Waals surface area contributed by atoms with Gasteiger partial charge in [-0.2, -0.15) is 0 Å². The van der Waals surface area contributed by atoms with Gasteiger partial charge in [0, 0.05) is 12.6 Å². The highest BCUT2D eigenvalue weighted by molar-refractivity contribution is 5.30. The van der Waals surface area contributed by atoms with Gasteiger partial charge in [-0.05, 0) is 44.4 Å². The van der Waals surface area contributed by atoms with Crippen molar-refractivity contribution in [3.8, 4) is 0 Å². The Hall–Kier alpha value is -1.98. The lowest BCUT2D eigenvalue weighted by Crippen LogP contribution is -2.53. The summed E-state index contributed by atoms with van der Waals surface area (Å²) in [5.74, 6) is -0.584. The molecule has 0 saturated carbocycles. The first-order valence-corrected chi connectivity index (χ1v) is 11.5. The molecular formula is C27H35NO3. The molecule has 0 bridgehead atoms. The summed E-state index contributed by atoms with van der Waals surface area (Å²) in [4.78, 5) is 2.50. The first-order chi connectivity index (χ1) is 15.1. The topological polar surface area (TPSA) is 30.9 Å². The summed E-state index contributed by atoms with van der Waals surface area (Å²) >= 11 is 0. The Morgan fingerprint density at radius 1 is 1.06 bits per heavy atom. The predicted molar refractivity (Wildman–Crippen MR) is 124 cm³/mol. The molecule has 2 aromatic rings. The molecule has 4 heteroatoms. The molecule has 31 heavy (non-hydrogen) atoms. The van der Waals surface area contributed by atoms with Crippen molar-refractivity contribution in [2.75, 3.05) is 19.7 Å². The van der Waals surface area contributed by atoms with Crippen LogP contribution in [0.15, 0.2) is 73.3 Å². The van der Waals surface area contributed by atoms with Gasteiger partial charge in [0.2, 0.25) is 0 Å². The van der Waals surface area contributed by atoms with E-state index in [1.807, 2.05) is 32.1 Å². The molecule has 0 aliphatic carbocycles. The first kappa shape index (κ1) is 22.2. The number of hydrogen-bond donors (Lipinski definition) is 0. The van der Waals surface area contributed by atoms with E-state index in [1.165, 1.54) is 12.8 Å². The fourth-order valence-electron chi connectivity index (χ4n) is 4.85. The molecule has 2 fully saturated rings. The first-order valence-electron chi connectivity index (χ1n) is 11.5. The van der Waals surface area contributed by atoms with E-state index < -0.39 is 5.79 Å². The van der Waals surface area contributed by atoms with Gasteiger partial charge in [0.1, 0.15) is 18.3 Å². The van der Waals surface area contributed by atoms with E-state index in [0.717, 1.165) is 30.6 Å². The van der Waals surface area contributed by atoms with E-state index in [4.69, 9.17) is 14.2 Å². The zero-order valence-electron chi connectivity index (χ0n) is 18.8. The molecule has 0 N–H and O–H groups in total. The Bertz CT molecular complexity index is 783. The molecule has 0 radical (unpaired) electrons. The number of hydrogen-bond acceptors (Lipinski definition) is 4. The van der Waals surface area contributed by atoms with Gasteiger partial charge in [0.05, 0.1) is 6.61 Å². The largest absolute Gasteiger partial charge is 0.361 e. The van der Waals surface area contributed by atoms with Crippen LogP contribution in [0.2, 0.25) is 0 Å². The van der Waals surface area contributed by atoms with Gasteiger partial charge in [-0.3, -0.25) is 4.90 Å². The van der Waals surface area contributed by atoms with E-state index in [-0.39, 0.29) is 24.4 Å². The zero-order valence-corrected chi connectivity index (χ0v) is 18.8. The molecule has 2 saturated heterocycles. The van der Waals surface area contributed by atoms with Crippen LogP contribution in [0.5, 0.6) is 0 Å². The Kier molecular flexibility index (Phi) is 7.24. The van der Waals surface area contributed by atoms with Crippen molar-refractivity contribution in [3.63, 3.8) is 0 Å². The molecular weight excluding hydrogens is 386 g/mol. The number of benzene rings is 2. The monoisotopic (exact) mass is 421 g/mol. The summed E-state index contributed by atoms with van der Waals surface area (Å²) in [6.45, 7) is 10.4. The minimum atomic E-state index is -0.584. The molecule has 2 aromatic carbocycles. The van der Waals surface area contributed by atoms with Crippen LogP contribution < -0.4 is 0 Å². The van der Waals surface area contributed by atoms with E-state index in [0.29, 0.717) is 6.61 Å². The summed E-state index contributed by atoms with van der Waals surface area (Å²) in [5, 5.41) is 0. The summed E-state index contributed by atoms with van der Waals surface area (Å²) in [5.41, 5.74) is 2.31. The third-order valence-electron chi connectivity index (χ3n) is 6.30. The SMILES string of the molecule is C=CCN1CCCC[C@H]1[C@@H](OC(c1ccccc1)c1ccccc1)[C@@H]1COC(C)(C)O1. The molecule has 2 aliphatic rings. The van der Waals surface area contributed by atoms with Crippen molar-refractivity contribution in [1.82, 2.24) is 4.90 Å². The third-order valence-corrected chi connectivity index (χ3v) is 6.30. The van der Waals surface area contributed by atoms with Crippen LogP contribution in [0.3, 0.4) is 0 Å². The van der Waals surface area contributed by atoms with E-state index in [2.05, 4.69) is 60.0 Å². The summed E-state index contributed by atoms with van der Waals surface area (Å²) in [6.07, 6.45) is 5.13. The van der Waals surface area contributed by atoms with Crippen molar-refractivity contribution in [2.45, 2.75) is 63.3 Å². The lowest BCUT2D eigenvalue weighted by molar-refractivity contribution is -0.172. The molecule has 0 aromatic heterocycles. The normalized spacial score (nSPS) is 24.9. The average molecular weight is 422 g/mol. The average Bonchev–Trinajstić information content (AvgIpc) is 3.16. The molecule has 2 heterocycles. The quantitative estimate of drug-likeness (QED) is 0.538. The molecule has 0 spiro atoms. The maximum Gasteiger partial charge on any atom is 0.163 e. The second-order valence-corrected chi connectivity index (χ2v) is 9.02.